The lowest BCUT2D eigenvalue weighted by Gasteiger charge is -2.36. The number of aliphatic hydroxyl groups is 1. The van der Waals surface area contributed by atoms with E-state index in [1.54, 1.807) is 53.2 Å². The number of aromatic nitrogens is 4. The molecule has 10 nitrogen and oxygen atoms in total. The summed E-state index contributed by atoms with van der Waals surface area (Å²) in [6, 6.07) is 28.2. The van der Waals surface area contributed by atoms with Crippen molar-refractivity contribution < 1.29 is 46.4 Å². The molecule has 1 aromatic heterocycles. The Morgan fingerprint density at radius 2 is 1.47 bits per heavy atom. The lowest BCUT2D eigenvalue weighted by atomic mass is 9.99. The van der Waals surface area contributed by atoms with E-state index >= 15 is 0 Å². The van der Waals surface area contributed by atoms with Crippen molar-refractivity contribution in [2.45, 2.75) is 43.2 Å². The van der Waals surface area contributed by atoms with Gasteiger partial charge in [-0.25, -0.2) is 22.0 Å². The summed E-state index contributed by atoms with van der Waals surface area (Å²) in [6.45, 7) is -0.370. The first-order valence-electron chi connectivity index (χ1n) is 16.8. The van der Waals surface area contributed by atoms with Gasteiger partial charge in [-0.15, -0.1) is 5.10 Å². The smallest absolute Gasteiger partial charge is 0.257 e. The van der Waals surface area contributed by atoms with Crippen molar-refractivity contribution in [3.63, 3.8) is 0 Å². The van der Waals surface area contributed by atoms with E-state index < -0.39 is 46.8 Å². The molecule has 2 heterocycles. The fourth-order valence-corrected chi connectivity index (χ4v) is 6.92. The molecular weight excluding hydrogens is 746 g/mol. The van der Waals surface area contributed by atoms with Gasteiger partial charge in [-0.3, -0.25) is 4.79 Å². The number of halogens is 5. The first kappa shape index (κ1) is 37.6. The van der Waals surface area contributed by atoms with Gasteiger partial charge in [0.05, 0.1) is 24.5 Å². The number of phenolic OH excluding ortho intramolecular Hbond substituents is 1. The molecule has 1 fully saturated rings. The number of nitrogens with zero attached hydrogens (tertiary/aromatic N) is 4. The number of benzene rings is 5. The second kappa shape index (κ2) is 16.4. The van der Waals surface area contributed by atoms with Crippen LogP contribution < -0.4 is 5.32 Å². The number of rotatable bonds is 11. The zero-order valence-electron chi connectivity index (χ0n) is 28.5. The van der Waals surface area contributed by atoms with Gasteiger partial charge < -0.3 is 25.0 Å². The van der Waals surface area contributed by atoms with Crippen molar-refractivity contribution in [1.82, 2.24) is 25.5 Å². The Morgan fingerprint density at radius 3 is 2.18 bits per heavy atom. The Kier molecular flexibility index (Phi) is 11.2. The standard InChI is InChI=1S/C39H30F5N5O5S/c40-32-31(33(41)35(43)36(44)34(32)42)37(52)45-18-22-3-1-4-24(15-22)25-5-2-6-26(16-25)38-53-29(17-30(54-38)23-9-7-21(19-50)8-10-23)20-55-39-46-47-48-49(39)27-11-13-28(51)14-12-27/h1-16,29-30,38,50-51H,17-20H2,(H,45,52). The second-order valence-electron chi connectivity index (χ2n) is 12.5. The van der Waals surface area contributed by atoms with Crippen LogP contribution in [0, 0.1) is 29.1 Å². The van der Waals surface area contributed by atoms with Crippen LogP contribution in [0.3, 0.4) is 0 Å². The average Bonchev–Trinajstić information content (AvgIpc) is 3.70. The highest BCUT2D eigenvalue weighted by molar-refractivity contribution is 7.99. The summed E-state index contributed by atoms with van der Waals surface area (Å²) in [5, 5.41) is 34.1. The summed E-state index contributed by atoms with van der Waals surface area (Å²) in [5.41, 5.74) is 3.38. The van der Waals surface area contributed by atoms with Crippen LogP contribution in [0.4, 0.5) is 22.0 Å². The number of hydrogen-bond donors (Lipinski definition) is 3. The molecule has 0 saturated carbocycles. The van der Waals surface area contributed by atoms with Gasteiger partial charge >= 0.3 is 0 Å². The second-order valence-corrected chi connectivity index (χ2v) is 13.5. The number of aromatic hydroxyl groups is 1. The summed E-state index contributed by atoms with van der Waals surface area (Å²) in [5.74, 6) is -12.1. The highest BCUT2D eigenvalue weighted by Crippen LogP contribution is 2.40. The van der Waals surface area contributed by atoms with E-state index in [4.69, 9.17) is 9.47 Å². The van der Waals surface area contributed by atoms with Gasteiger partial charge in [-0.2, -0.15) is 4.68 Å². The largest absolute Gasteiger partial charge is 0.508 e. The molecule has 16 heteroatoms. The molecule has 3 N–H and O–H groups in total. The molecule has 7 rings (SSSR count). The minimum Gasteiger partial charge on any atom is -0.508 e. The Labute approximate surface area is 314 Å². The van der Waals surface area contributed by atoms with Crippen molar-refractivity contribution >= 4 is 17.7 Å². The minimum absolute atomic E-state index is 0.0990. The molecule has 0 aliphatic carbocycles. The molecule has 3 atom stereocenters. The predicted octanol–water partition coefficient (Wildman–Crippen LogP) is 7.49. The number of tetrazole rings is 1. The zero-order valence-corrected chi connectivity index (χ0v) is 29.3. The van der Waals surface area contributed by atoms with Gasteiger partial charge in [0.1, 0.15) is 11.3 Å². The number of nitrogens with one attached hydrogen (secondary N) is 1. The maximum Gasteiger partial charge on any atom is 0.257 e. The average molecular weight is 776 g/mol. The van der Waals surface area contributed by atoms with Crippen LogP contribution in [0.2, 0.25) is 0 Å². The number of amides is 1. The first-order valence-corrected chi connectivity index (χ1v) is 17.8. The van der Waals surface area contributed by atoms with E-state index in [0.29, 0.717) is 39.7 Å². The van der Waals surface area contributed by atoms with Gasteiger partial charge in [0, 0.05) is 24.3 Å². The van der Waals surface area contributed by atoms with Gasteiger partial charge in [0.2, 0.25) is 11.0 Å². The van der Waals surface area contributed by atoms with E-state index in [1.165, 1.54) is 11.8 Å². The van der Waals surface area contributed by atoms with Crippen molar-refractivity contribution in [1.29, 1.82) is 0 Å². The Balaban J connectivity index is 1.10. The summed E-state index contributed by atoms with van der Waals surface area (Å²) in [7, 11) is 0. The van der Waals surface area contributed by atoms with E-state index in [0.717, 1.165) is 16.7 Å². The fraction of sp³-hybridized carbons (Fsp3) is 0.179. The highest BCUT2D eigenvalue weighted by atomic mass is 32.2. The molecule has 1 saturated heterocycles. The van der Waals surface area contributed by atoms with Crippen LogP contribution in [-0.4, -0.2) is 48.2 Å². The molecule has 1 aliphatic rings. The number of aliphatic hydroxyl groups excluding tert-OH is 1. The molecule has 1 amide bonds. The number of carbonyl (C=O) groups is 1. The normalized spacial score (nSPS) is 16.9. The van der Waals surface area contributed by atoms with Crippen LogP contribution in [0.1, 0.15) is 51.4 Å². The quantitative estimate of drug-likeness (QED) is 0.0531. The number of thioether (sulfide) groups is 1. The first-order chi connectivity index (χ1) is 26.6. The molecule has 6 aromatic rings. The van der Waals surface area contributed by atoms with E-state index in [-0.39, 0.29) is 31.1 Å². The lowest BCUT2D eigenvalue weighted by Crippen LogP contribution is -2.31. The number of ether oxygens (including phenoxy) is 2. The molecular formula is C39H30F5N5O5S. The third-order valence-corrected chi connectivity index (χ3v) is 9.91. The zero-order chi connectivity index (χ0) is 38.6. The van der Waals surface area contributed by atoms with Crippen molar-refractivity contribution in [2.24, 2.45) is 0 Å². The van der Waals surface area contributed by atoms with E-state index in [2.05, 4.69) is 20.8 Å². The SMILES string of the molecule is O=C(NCc1cccc(-c2cccc(C3OC(CSc4nnnn4-c4ccc(O)cc4)CC(c4ccc(CO)cc4)O3)c2)c1)c1c(F)c(F)c(F)c(F)c1F. The highest BCUT2D eigenvalue weighted by Gasteiger charge is 2.33. The molecule has 55 heavy (non-hydrogen) atoms. The van der Waals surface area contributed by atoms with Crippen LogP contribution >= 0.6 is 11.8 Å². The van der Waals surface area contributed by atoms with Gasteiger partial charge in [-0.05, 0) is 74.6 Å². The number of phenols is 1. The van der Waals surface area contributed by atoms with Crippen molar-refractivity contribution in [3.8, 4) is 22.6 Å². The van der Waals surface area contributed by atoms with E-state index in [1.807, 2.05) is 48.5 Å². The molecule has 282 valence electrons. The maximum absolute atomic E-state index is 14.2. The van der Waals surface area contributed by atoms with Crippen molar-refractivity contribution in [2.75, 3.05) is 5.75 Å². The molecule has 0 radical (unpaired) electrons. The van der Waals surface area contributed by atoms with Gasteiger partial charge in [0.25, 0.3) is 5.91 Å². The predicted molar refractivity (Wildman–Crippen MR) is 189 cm³/mol. The molecule has 0 spiro atoms. The third-order valence-electron chi connectivity index (χ3n) is 8.86. The van der Waals surface area contributed by atoms with Crippen LogP contribution in [0.5, 0.6) is 5.75 Å². The monoisotopic (exact) mass is 775 g/mol. The minimum atomic E-state index is -2.35. The van der Waals surface area contributed by atoms with E-state index in [9.17, 15) is 37.0 Å². The van der Waals surface area contributed by atoms with Crippen LogP contribution in [0.25, 0.3) is 16.8 Å². The maximum atomic E-state index is 14.2. The molecule has 5 aromatic carbocycles. The Morgan fingerprint density at radius 1 is 0.800 bits per heavy atom. The summed E-state index contributed by atoms with van der Waals surface area (Å²) >= 11 is 1.40. The Bertz CT molecular complexity index is 2300. The van der Waals surface area contributed by atoms with Gasteiger partial charge in [-0.1, -0.05) is 72.4 Å². The van der Waals surface area contributed by atoms with Gasteiger partial charge in [0.15, 0.2) is 29.6 Å². The topological polar surface area (TPSA) is 132 Å². The number of carbonyl (C=O) groups excluding carboxylic acids is 1. The third kappa shape index (κ3) is 8.22. The summed E-state index contributed by atoms with van der Waals surface area (Å²) < 4.78 is 83.9. The Hall–Kier alpha value is -5.68. The summed E-state index contributed by atoms with van der Waals surface area (Å²) in [4.78, 5) is 12.5. The molecule has 0 bridgehead atoms. The summed E-state index contributed by atoms with van der Waals surface area (Å²) in [6.07, 6.45) is -1.01. The lowest BCUT2D eigenvalue weighted by molar-refractivity contribution is -0.245. The van der Waals surface area contributed by atoms with Crippen LogP contribution in [-0.2, 0) is 22.6 Å². The molecule has 3 unspecified atom stereocenters. The van der Waals surface area contributed by atoms with Crippen molar-refractivity contribution in [3.05, 3.63) is 154 Å². The fourth-order valence-electron chi connectivity index (χ4n) is 6.02. The number of hydrogen-bond acceptors (Lipinski definition) is 9. The van der Waals surface area contributed by atoms with Crippen LogP contribution in [0.15, 0.2) is 102 Å². The molecule has 1 aliphatic heterocycles.